The quantitative estimate of drug-likeness (QED) is 0.743. The number of aromatic nitrogens is 1. The van der Waals surface area contributed by atoms with Gasteiger partial charge in [0.2, 0.25) is 0 Å². The summed E-state index contributed by atoms with van der Waals surface area (Å²) in [6, 6.07) is 3.51. The molecule has 0 fully saturated rings. The number of carbonyl (C=O) groups is 1. The number of hydrogen-bond acceptors (Lipinski definition) is 3. The molecule has 0 atom stereocenters. The highest BCUT2D eigenvalue weighted by molar-refractivity contribution is 9.10. The van der Waals surface area contributed by atoms with Gasteiger partial charge in [-0.25, -0.2) is 4.98 Å². The molecule has 3 nitrogen and oxygen atoms in total. The normalized spacial score (nSPS) is 9.50. The summed E-state index contributed by atoms with van der Waals surface area (Å²) < 4.78 is 5.84. The van der Waals surface area contributed by atoms with Crippen LogP contribution in [0.3, 0.4) is 0 Å². The summed E-state index contributed by atoms with van der Waals surface area (Å²) >= 11 is 3.19. The van der Waals surface area contributed by atoms with Crippen molar-refractivity contribution >= 4 is 21.7 Å². The van der Waals surface area contributed by atoms with Crippen molar-refractivity contribution in [1.82, 2.24) is 4.98 Å². The predicted molar refractivity (Wildman–Crippen MR) is 48.1 cm³/mol. The Morgan fingerprint density at radius 2 is 2.42 bits per heavy atom. The van der Waals surface area contributed by atoms with Crippen LogP contribution in [-0.4, -0.2) is 17.4 Å². The Labute approximate surface area is 78.9 Å². The second-order valence-corrected chi connectivity index (χ2v) is 3.12. The van der Waals surface area contributed by atoms with Crippen molar-refractivity contribution in [2.24, 2.45) is 0 Å². The molecule has 0 unspecified atom stereocenters. The second-order valence-electron chi connectivity index (χ2n) is 2.31. The molecule has 12 heavy (non-hydrogen) atoms. The van der Waals surface area contributed by atoms with E-state index in [9.17, 15) is 4.79 Å². The summed E-state index contributed by atoms with van der Waals surface area (Å²) in [5.74, 6) is 0.603. The third kappa shape index (κ3) is 3.00. The Hall–Kier alpha value is -0.900. The van der Waals surface area contributed by atoms with Crippen molar-refractivity contribution in [2.75, 3.05) is 6.61 Å². The van der Waals surface area contributed by atoms with Gasteiger partial charge in [0, 0.05) is 0 Å². The van der Waals surface area contributed by atoms with Gasteiger partial charge < -0.3 is 4.74 Å². The monoisotopic (exact) mass is 229 g/mol. The van der Waals surface area contributed by atoms with Crippen LogP contribution in [0.1, 0.15) is 6.92 Å². The van der Waals surface area contributed by atoms with Gasteiger partial charge >= 0.3 is 0 Å². The fourth-order valence-electron chi connectivity index (χ4n) is 0.633. The van der Waals surface area contributed by atoms with Gasteiger partial charge in [0.25, 0.3) is 0 Å². The Kier molecular flexibility index (Phi) is 3.22. The van der Waals surface area contributed by atoms with Gasteiger partial charge in [0.05, 0.1) is 6.20 Å². The number of hydrogen-bond donors (Lipinski definition) is 0. The summed E-state index contributed by atoms with van der Waals surface area (Å²) in [4.78, 5) is 14.5. The van der Waals surface area contributed by atoms with E-state index in [0.29, 0.717) is 5.75 Å². The summed E-state index contributed by atoms with van der Waals surface area (Å²) in [5, 5.41) is 0. The van der Waals surface area contributed by atoms with Crippen molar-refractivity contribution in [3.05, 3.63) is 22.9 Å². The van der Waals surface area contributed by atoms with E-state index < -0.39 is 0 Å². The summed E-state index contributed by atoms with van der Waals surface area (Å²) in [6.45, 7) is 1.58. The molecule has 1 aromatic heterocycles. The third-order valence-corrected chi connectivity index (χ3v) is 1.61. The average Bonchev–Trinajstić information content (AvgIpc) is 2.03. The lowest BCUT2D eigenvalue weighted by atomic mass is 10.4. The van der Waals surface area contributed by atoms with E-state index in [2.05, 4.69) is 20.9 Å². The molecule has 0 saturated carbocycles. The van der Waals surface area contributed by atoms with Crippen molar-refractivity contribution in [3.63, 3.8) is 0 Å². The number of Topliss-reactive ketones (excluding diaryl/α,β-unsaturated/α-hetero) is 1. The van der Waals surface area contributed by atoms with Crippen LogP contribution in [0.4, 0.5) is 0 Å². The SMILES string of the molecule is CC(=O)COc1ccc(Br)nc1. The smallest absolute Gasteiger partial charge is 0.167 e. The lowest BCUT2D eigenvalue weighted by Crippen LogP contribution is -2.06. The van der Waals surface area contributed by atoms with Crippen LogP contribution in [0.15, 0.2) is 22.9 Å². The van der Waals surface area contributed by atoms with Crippen molar-refractivity contribution in [1.29, 1.82) is 0 Å². The number of nitrogens with zero attached hydrogens (tertiary/aromatic N) is 1. The minimum Gasteiger partial charge on any atom is -0.484 e. The molecule has 1 rings (SSSR count). The van der Waals surface area contributed by atoms with Gasteiger partial charge in [0.15, 0.2) is 5.78 Å². The zero-order valence-corrected chi connectivity index (χ0v) is 8.17. The lowest BCUT2D eigenvalue weighted by molar-refractivity contribution is -0.118. The first kappa shape index (κ1) is 9.19. The molecular weight excluding hydrogens is 222 g/mol. The maximum absolute atomic E-state index is 10.5. The van der Waals surface area contributed by atoms with E-state index in [-0.39, 0.29) is 12.4 Å². The van der Waals surface area contributed by atoms with Gasteiger partial charge in [-0.1, -0.05) is 0 Å². The van der Waals surface area contributed by atoms with E-state index in [0.717, 1.165) is 4.60 Å². The zero-order chi connectivity index (χ0) is 8.97. The van der Waals surface area contributed by atoms with Crippen LogP contribution < -0.4 is 4.74 Å². The summed E-state index contributed by atoms with van der Waals surface area (Å²) in [5.41, 5.74) is 0. The molecule has 4 heteroatoms. The second kappa shape index (κ2) is 4.21. The molecule has 0 aromatic carbocycles. The van der Waals surface area contributed by atoms with Gasteiger partial charge in [-0.3, -0.25) is 4.79 Å². The van der Waals surface area contributed by atoms with Gasteiger partial charge in [-0.2, -0.15) is 0 Å². The first-order chi connectivity index (χ1) is 5.68. The average molecular weight is 230 g/mol. The molecule has 1 aromatic rings. The Balaban J connectivity index is 2.53. The van der Waals surface area contributed by atoms with Crippen LogP contribution in [0.2, 0.25) is 0 Å². The molecule has 64 valence electrons. The lowest BCUT2D eigenvalue weighted by Gasteiger charge is -2.01. The maximum Gasteiger partial charge on any atom is 0.167 e. The van der Waals surface area contributed by atoms with Crippen molar-refractivity contribution in [3.8, 4) is 5.75 Å². The number of ketones is 1. The van der Waals surface area contributed by atoms with Gasteiger partial charge in [-0.05, 0) is 35.0 Å². The number of pyridine rings is 1. The van der Waals surface area contributed by atoms with Crippen molar-refractivity contribution < 1.29 is 9.53 Å². The fourth-order valence-corrected chi connectivity index (χ4v) is 0.867. The standard InChI is InChI=1S/C8H8BrNO2/c1-6(11)5-12-7-2-3-8(9)10-4-7/h2-4H,5H2,1H3. The molecule has 1 heterocycles. The van der Waals surface area contributed by atoms with Crippen LogP contribution in [0, 0.1) is 0 Å². The Bertz CT molecular complexity index is 271. The van der Waals surface area contributed by atoms with E-state index in [1.54, 1.807) is 18.3 Å². The van der Waals surface area contributed by atoms with E-state index in [1.165, 1.54) is 6.92 Å². The van der Waals surface area contributed by atoms with E-state index >= 15 is 0 Å². The molecule has 0 saturated heterocycles. The van der Waals surface area contributed by atoms with Gasteiger partial charge in [0.1, 0.15) is 17.0 Å². The molecule has 0 N–H and O–H groups in total. The molecule has 0 spiro atoms. The molecule has 0 aliphatic carbocycles. The number of halogens is 1. The van der Waals surface area contributed by atoms with Gasteiger partial charge in [-0.15, -0.1) is 0 Å². The fraction of sp³-hybridized carbons (Fsp3) is 0.250. The maximum atomic E-state index is 10.5. The number of rotatable bonds is 3. The molecule has 0 aliphatic rings. The highest BCUT2D eigenvalue weighted by Crippen LogP contribution is 2.12. The molecular formula is C8H8BrNO2. The summed E-state index contributed by atoms with van der Waals surface area (Å²) in [6.07, 6.45) is 1.56. The topological polar surface area (TPSA) is 39.2 Å². The molecule has 0 radical (unpaired) electrons. The Morgan fingerprint density at radius 3 is 2.92 bits per heavy atom. The van der Waals surface area contributed by atoms with Crippen LogP contribution in [-0.2, 0) is 4.79 Å². The first-order valence-corrected chi connectivity index (χ1v) is 4.21. The molecule has 0 bridgehead atoms. The summed E-state index contributed by atoms with van der Waals surface area (Å²) in [7, 11) is 0. The van der Waals surface area contributed by atoms with E-state index in [4.69, 9.17) is 4.74 Å². The third-order valence-electron chi connectivity index (χ3n) is 1.14. The number of carbonyl (C=O) groups excluding carboxylic acids is 1. The number of ether oxygens (including phenoxy) is 1. The van der Waals surface area contributed by atoms with Crippen LogP contribution >= 0.6 is 15.9 Å². The van der Waals surface area contributed by atoms with E-state index in [1.807, 2.05) is 0 Å². The van der Waals surface area contributed by atoms with Crippen LogP contribution in [0.5, 0.6) is 5.75 Å². The van der Waals surface area contributed by atoms with Crippen molar-refractivity contribution in [2.45, 2.75) is 6.92 Å². The Morgan fingerprint density at radius 1 is 1.67 bits per heavy atom. The zero-order valence-electron chi connectivity index (χ0n) is 6.58. The molecule has 0 amide bonds. The highest BCUT2D eigenvalue weighted by Gasteiger charge is 1.96. The van der Waals surface area contributed by atoms with Crippen LogP contribution in [0.25, 0.3) is 0 Å². The largest absolute Gasteiger partial charge is 0.484 e. The molecule has 0 aliphatic heterocycles. The minimum atomic E-state index is -0.00193. The highest BCUT2D eigenvalue weighted by atomic mass is 79.9. The minimum absolute atomic E-state index is 0.00193. The predicted octanol–water partition coefficient (Wildman–Crippen LogP) is 1.81. The first-order valence-electron chi connectivity index (χ1n) is 3.42.